The van der Waals surface area contributed by atoms with Gasteiger partial charge in [-0.15, -0.1) is 18.2 Å². The van der Waals surface area contributed by atoms with Gasteiger partial charge in [-0.2, -0.15) is 0 Å². The number of amides is 1. The van der Waals surface area contributed by atoms with Gasteiger partial charge in [-0.1, -0.05) is 5.92 Å². The van der Waals surface area contributed by atoms with Gasteiger partial charge < -0.3 is 10.6 Å². The fourth-order valence-electron chi connectivity index (χ4n) is 0.727. The van der Waals surface area contributed by atoms with E-state index < -0.39 is 0 Å². The Kier molecular flexibility index (Phi) is 8.95. The van der Waals surface area contributed by atoms with E-state index >= 15 is 0 Å². The number of terminal acetylenes is 1. The minimum Gasteiger partial charge on any atom is -0.359 e. The zero-order chi connectivity index (χ0) is 9.94. The fourth-order valence-corrected chi connectivity index (χ4v) is 1.28. The molecule has 4 heteroatoms. The predicted molar refractivity (Wildman–Crippen MR) is 57.7 cm³/mol. The normalized spacial score (nSPS) is 9.23. The second-order valence-corrected chi connectivity index (χ2v) is 3.54. The van der Waals surface area contributed by atoms with Crippen molar-refractivity contribution in [3.05, 3.63) is 0 Å². The van der Waals surface area contributed by atoms with Crippen LogP contribution in [0.1, 0.15) is 6.42 Å². The molecule has 0 rings (SSSR count). The van der Waals surface area contributed by atoms with Crippen LogP contribution in [0.15, 0.2) is 0 Å². The van der Waals surface area contributed by atoms with Crippen molar-refractivity contribution in [2.24, 2.45) is 0 Å². The molecular weight excluding hydrogens is 184 g/mol. The monoisotopic (exact) mass is 200 g/mol. The first-order valence-corrected chi connectivity index (χ1v) is 5.39. The number of hydrogen-bond donors (Lipinski definition) is 2. The molecule has 0 aromatic carbocycles. The van der Waals surface area contributed by atoms with Crippen LogP contribution >= 0.6 is 11.8 Å². The third kappa shape index (κ3) is 9.25. The molecule has 0 heterocycles. The Morgan fingerprint density at radius 2 is 2.31 bits per heavy atom. The van der Waals surface area contributed by atoms with Crippen LogP contribution in [-0.2, 0) is 4.79 Å². The summed E-state index contributed by atoms with van der Waals surface area (Å²) >= 11 is 1.72. The Morgan fingerprint density at radius 1 is 1.54 bits per heavy atom. The van der Waals surface area contributed by atoms with E-state index in [1.54, 1.807) is 18.8 Å². The molecule has 0 unspecified atom stereocenters. The summed E-state index contributed by atoms with van der Waals surface area (Å²) < 4.78 is 0. The highest BCUT2D eigenvalue weighted by Gasteiger charge is 1.95. The van der Waals surface area contributed by atoms with Crippen molar-refractivity contribution >= 4 is 17.7 Å². The van der Waals surface area contributed by atoms with E-state index in [1.807, 2.05) is 0 Å². The maximum Gasteiger partial charge on any atom is 0.221 e. The average molecular weight is 200 g/mol. The van der Waals surface area contributed by atoms with Crippen LogP contribution in [0.2, 0.25) is 0 Å². The van der Waals surface area contributed by atoms with Crippen molar-refractivity contribution in [2.75, 3.05) is 31.6 Å². The lowest BCUT2D eigenvalue weighted by molar-refractivity contribution is -0.120. The minimum atomic E-state index is 0.0729. The molecule has 2 N–H and O–H groups in total. The summed E-state index contributed by atoms with van der Waals surface area (Å²) in [6.07, 6.45) is 5.62. The third-order valence-electron chi connectivity index (χ3n) is 1.42. The third-order valence-corrected chi connectivity index (χ3v) is 2.28. The molecule has 0 aromatic rings. The number of thioether (sulfide) groups is 1. The predicted octanol–water partition coefficient (Wildman–Crippen LogP) is 0.0785. The maximum absolute atomic E-state index is 10.8. The lowest BCUT2D eigenvalue weighted by Crippen LogP contribution is -2.26. The summed E-state index contributed by atoms with van der Waals surface area (Å²) in [5.41, 5.74) is 0. The van der Waals surface area contributed by atoms with Gasteiger partial charge in [-0.05, 0) is 0 Å². The van der Waals surface area contributed by atoms with E-state index in [1.165, 1.54) is 0 Å². The van der Waals surface area contributed by atoms with E-state index in [0.29, 0.717) is 6.42 Å². The van der Waals surface area contributed by atoms with Gasteiger partial charge in [0, 0.05) is 32.3 Å². The average Bonchev–Trinajstić information content (AvgIpc) is 2.16. The van der Waals surface area contributed by atoms with Crippen molar-refractivity contribution < 1.29 is 4.79 Å². The highest BCUT2D eigenvalue weighted by Crippen LogP contribution is 1.94. The Labute approximate surface area is 84.0 Å². The molecule has 3 nitrogen and oxygen atoms in total. The van der Waals surface area contributed by atoms with Gasteiger partial charge in [0.05, 0.1) is 5.75 Å². The summed E-state index contributed by atoms with van der Waals surface area (Å²) in [5, 5.41) is 5.72. The SMILES string of the molecule is C#CCSCCNCCC(=O)NC. The van der Waals surface area contributed by atoms with Gasteiger partial charge in [0.15, 0.2) is 0 Å². The first-order valence-electron chi connectivity index (χ1n) is 4.23. The van der Waals surface area contributed by atoms with Gasteiger partial charge >= 0.3 is 0 Å². The van der Waals surface area contributed by atoms with Gasteiger partial charge in [0.2, 0.25) is 5.91 Å². The van der Waals surface area contributed by atoms with Crippen molar-refractivity contribution in [1.82, 2.24) is 10.6 Å². The summed E-state index contributed by atoms with van der Waals surface area (Å²) in [5.74, 6) is 4.39. The molecule has 13 heavy (non-hydrogen) atoms. The minimum absolute atomic E-state index is 0.0729. The van der Waals surface area contributed by atoms with E-state index in [9.17, 15) is 4.79 Å². The molecule has 0 bridgehead atoms. The molecule has 0 fully saturated rings. The van der Waals surface area contributed by atoms with E-state index in [4.69, 9.17) is 6.42 Å². The Bertz CT molecular complexity index is 177. The lowest BCUT2D eigenvalue weighted by Gasteiger charge is -2.02. The summed E-state index contributed by atoms with van der Waals surface area (Å²) in [6.45, 7) is 1.64. The van der Waals surface area contributed by atoms with Crippen LogP contribution in [0, 0.1) is 12.3 Å². The zero-order valence-electron chi connectivity index (χ0n) is 7.93. The van der Waals surface area contributed by atoms with Crippen molar-refractivity contribution in [2.45, 2.75) is 6.42 Å². The number of rotatable bonds is 7. The Balaban J connectivity index is 3.00. The molecular formula is C9H16N2OS. The van der Waals surface area contributed by atoms with Crippen LogP contribution < -0.4 is 10.6 Å². The number of nitrogens with one attached hydrogen (secondary N) is 2. The number of carbonyl (C=O) groups is 1. The summed E-state index contributed by atoms with van der Waals surface area (Å²) in [4.78, 5) is 10.8. The highest BCUT2D eigenvalue weighted by atomic mass is 32.2. The lowest BCUT2D eigenvalue weighted by atomic mass is 10.4. The Hall–Kier alpha value is -0.660. The van der Waals surface area contributed by atoms with Gasteiger partial charge in [-0.25, -0.2) is 0 Å². The summed E-state index contributed by atoms with van der Waals surface area (Å²) in [6, 6.07) is 0. The molecule has 0 aliphatic carbocycles. The molecule has 0 aliphatic heterocycles. The molecule has 0 radical (unpaired) electrons. The van der Waals surface area contributed by atoms with Crippen LogP contribution in [-0.4, -0.2) is 37.6 Å². The maximum atomic E-state index is 10.8. The number of carbonyl (C=O) groups excluding carboxylic acids is 1. The first-order chi connectivity index (χ1) is 6.31. The van der Waals surface area contributed by atoms with Gasteiger partial charge in [0.25, 0.3) is 0 Å². The van der Waals surface area contributed by atoms with Crippen molar-refractivity contribution in [3.8, 4) is 12.3 Å². The van der Waals surface area contributed by atoms with Gasteiger partial charge in [-0.3, -0.25) is 4.79 Å². The van der Waals surface area contributed by atoms with Crippen LogP contribution in [0.3, 0.4) is 0 Å². The molecule has 0 spiro atoms. The molecule has 74 valence electrons. The van der Waals surface area contributed by atoms with Crippen LogP contribution in [0.25, 0.3) is 0 Å². The van der Waals surface area contributed by atoms with Crippen LogP contribution in [0.5, 0.6) is 0 Å². The highest BCUT2D eigenvalue weighted by molar-refractivity contribution is 7.99. The topological polar surface area (TPSA) is 41.1 Å². The summed E-state index contributed by atoms with van der Waals surface area (Å²) in [7, 11) is 1.64. The van der Waals surface area contributed by atoms with E-state index in [2.05, 4.69) is 16.6 Å². The van der Waals surface area contributed by atoms with Crippen LogP contribution in [0.4, 0.5) is 0 Å². The van der Waals surface area contributed by atoms with Gasteiger partial charge in [0.1, 0.15) is 0 Å². The van der Waals surface area contributed by atoms with E-state index in [-0.39, 0.29) is 5.91 Å². The molecule has 0 saturated carbocycles. The fraction of sp³-hybridized carbons (Fsp3) is 0.667. The molecule has 0 aliphatic rings. The van der Waals surface area contributed by atoms with E-state index in [0.717, 1.165) is 24.6 Å². The van der Waals surface area contributed by atoms with Crippen molar-refractivity contribution in [1.29, 1.82) is 0 Å². The Morgan fingerprint density at radius 3 is 2.92 bits per heavy atom. The molecule has 0 aromatic heterocycles. The first kappa shape index (κ1) is 12.3. The molecule has 0 atom stereocenters. The zero-order valence-corrected chi connectivity index (χ0v) is 8.75. The largest absolute Gasteiger partial charge is 0.359 e. The second-order valence-electron chi connectivity index (χ2n) is 2.43. The number of hydrogen-bond acceptors (Lipinski definition) is 3. The molecule has 1 amide bonds. The quantitative estimate of drug-likeness (QED) is 0.452. The second kappa shape index (κ2) is 9.43. The molecule has 0 saturated heterocycles. The van der Waals surface area contributed by atoms with Crippen molar-refractivity contribution in [3.63, 3.8) is 0 Å². The smallest absolute Gasteiger partial charge is 0.221 e. The standard InChI is InChI=1S/C9H16N2OS/c1-3-7-13-8-6-11-5-4-9(12)10-2/h1,11H,4-8H2,2H3,(H,10,12).